The first-order valence-corrected chi connectivity index (χ1v) is 6.07. The van der Waals surface area contributed by atoms with Crippen molar-refractivity contribution < 1.29 is 0 Å². The zero-order valence-electron chi connectivity index (χ0n) is 8.65. The predicted molar refractivity (Wildman–Crippen MR) is 68.1 cm³/mol. The summed E-state index contributed by atoms with van der Waals surface area (Å²) in [6.07, 6.45) is 3.81. The minimum absolute atomic E-state index is 0.489. The average Bonchev–Trinajstić information content (AvgIpc) is 3.13. The highest BCUT2D eigenvalue weighted by Crippen LogP contribution is 2.32. The minimum atomic E-state index is 0.489. The fraction of sp³-hybridized carbons (Fsp3) is 0.154. The summed E-state index contributed by atoms with van der Waals surface area (Å²) in [5, 5.41) is 3.32. The summed E-state index contributed by atoms with van der Waals surface area (Å²) in [6, 6.07) is 10.9. The minimum Gasteiger partial charge on any atom is -0.307 e. The largest absolute Gasteiger partial charge is 0.307 e. The maximum absolute atomic E-state index is 4.20. The van der Waals surface area contributed by atoms with Gasteiger partial charge in [-0.05, 0) is 34.9 Å². The second-order valence-electron chi connectivity index (χ2n) is 3.93. The van der Waals surface area contributed by atoms with Gasteiger partial charge in [0.25, 0.3) is 0 Å². The van der Waals surface area contributed by atoms with Crippen LogP contribution in [-0.4, -0.2) is 11.5 Å². The number of halogens is 1. The number of nitrogens with one attached hydrogen (secondary N) is 1. The summed E-state index contributed by atoms with van der Waals surface area (Å²) in [5.41, 5.74) is 3.80. The molecule has 1 fully saturated rings. The van der Waals surface area contributed by atoms with Crippen LogP contribution in [0, 0.1) is 0 Å². The van der Waals surface area contributed by atoms with Crippen LogP contribution >= 0.6 is 15.9 Å². The third-order valence-corrected chi connectivity index (χ3v) is 3.26. The lowest BCUT2D eigenvalue weighted by atomic mass is 10.00. The molecule has 0 radical (unpaired) electrons. The van der Waals surface area contributed by atoms with Gasteiger partial charge in [0.2, 0.25) is 0 Å². The molecule has 0 bridgehead atoms. The Morgan fingerprint density at radius 1 is 1.31 bits per heavy atom. The molecule has 0 unspecified atom stereocenters. The molecule has 16 heavy (non-hydrogen) atoms. The van der Waals surface area contributed by atoms with E-state index in [2.05, 4.69) is 50.5 Å². The molecule has 1 aromatic heterocycles. The van der Waals surface area contributed by atoms with Crippen molar-refractivity contribution in [3.63, 3.8) is 0 Å². The first-order valence-electron chi connectivity index (χ1n) is 5.28. The molecule has 1 aliphatic rings. The van der Waals surface area contributed by atoms with E-state index in [1.165, 1.54) is 16.7 Å². The Morgan fingerprint density at radius 3 is 2.94 bits per heavy atom. The van der Waals surface area contributed by atoms with E-state index in [0.29, 0.717) is 6.04 Å². The van der Waals surface area contributed by atoms with Gasteiger partial charge in [-0.3, -0.25) is 4.98 Å². The van der Waals surface area contributed by atoms with Gasteiger partial charge in [0, 0.05) is 29.5 Å². The van der Waals surface area contributed by atoms with Crippen LogP contribution in [-0.2, 0) is 0 Å². The van der Waals surface area contributed by atoms with E-state index in [1.54, 1.807) is 0 Å². The van der Waals surface area contributed by atoms with Crippen molar-refractivity contribution in [1.82, 2.24) is 10.3 Å². The molecular formula is C13H11BrN2. The van der Waals surface area contributed by atoms with Crippen LogP contribution in [0.4, 0.5) is 0 Å². The van der Waals surface area contributed by atoms with Crippen LogP contribution in [0.3, 0.4) is 0 Å². The van der Waals surface area contributed by atoms with Crippen LogP contribution in [0.5, 0.6) is 0 Å². The van der Waals surface area contributed by atoms with E-state index in [1.807, 2.05) is 18.5 Å². The van der Waals surface area contributed by atoms with Gasteiger partial charge in [0.1, 0.15) is 0 Å². The number of pyridine rings is 1. The maximum Gasteiger partial charge on any atom is 0.0469 e. The Kier molecular flexibility index (Phi) is 2.50. The van der Waals surface area contributed by atoms with Gasteiger partial charge in [0.05, 0.1) is 0 Å². The maximum atomic E-state index is 4.20. The third kappa shape index (κ3) is 1.88. The molecule has 1 aromatic carbocycles. The fourth-order valence-electron chi connectivity index (χ4n) is 1.88. The summed E-state index contributed by atoms with van der Waals surface area (Å²) in [6.45, 7) is 1.06. The SMILES string of the molecule is Brc1cccc(-c2ccncc2[C@@H]2CN2)c1. The van der Waals surface area contributed by atoms with Gasteiger partial charge < -0.3 is 5.32 Å². The smallest absolute Gasteiger partial charge is 0.0469 e. The molecule has 80 valence electrons. The van der Waals surface area contributed by atoms with Crippen molar-refractivity contribution >= 4 is 15.9 Å². The molecule has 3 heteroatoms. The average molecular weight is 275 g/mol. The Balaban J connectivity index is 2.11. The van der Waals surface area contributed by atoms with E-state index in [9.17, 15) is 0 Å². The molecule has 0 spiro atoms. The van der Waals surface area contributed by atoms with Gasteiger partial charge in [-0.1, -0.05) is 28.1 Å². The molecule has 0 amide bonds. The molecule has 1 aliphatic heterocycles. The third-order valence-electron chi connectivity index (χ3n) is 2.77. The molecule has 1 saturated heterocycles. The highest BCUT2D eigenvalue weighted by molar-refractivity contribution is 9.10. The van der Waals surface area contributed by atoms with Crippen LogP contribution in [0.1, 0.15) is 11.6 Å². The van der Waals surface area contributed by atoms with Crippen LogP contribution < -0.4 is 5.32 Å². The monoisotopic (exact) mass is 274 g/mol. The lowest BCUT2D eigenvalue weighted by Crippen LogP contribution is -1.91. The predicted octanol–water partition coefficient (Wildman–Crippen LogP) is 3.16. The fourth-order valence-corrected chi connectivity index (χ4v) is 2.28. The van der Waals surface area contributed by atoms with Crippen molar-refractivity contribution in [2.75, 3.05) is 6.54 Å². The molecule has 0 saturated carbocycles. The number of rotatable bonds is 2. The number of benzene rings is 1. The van der Waals surface area contributed by atoms with E-state index >= 15 is 0 Å². The normalized spacial score (nSPS) is 18.4. The molecule has 2 heterocycles. The van der Waals surface area contributed by atoms with Crippen LogP contribution in [0.15, 0.2) is 47.2 Å². The number of hydrogen-bond donors (Lipinski definition) is 1. The highest BCUT2D eigenvalue weighted by Gasteiger charge is 2.25. The molecule has 1 N–H and O–H groups in total. The van der Waals surface area contributed by atoms with Gasteiger partial charge >= 0.3 is 0 Å². The van der Waals surface area contributed by atoms with Crippen molar-refractivity contribution in [3.05, 3.63) is 52.8 Å². The summed E-state index contributed by atoms with van der Waals surface area (Å²) in [7, 11) is 0. The first kappa shape index (κ1) is 10.00. The summed E-state index contributed by atoms with van der Waals surface area (Å²) in [5.74, 6) is 0. The molecular weight excluding hydrogens is 264 g/mol. The number of hydrogen-bond acceptors (Lipinski definition) is 2. The van der Waals surface area contributed by atoms with E-state index in [0.717, 1.165) is 11.0 Å². The lowest BCUT2D eigenvalue weighted by Gasteiger charge is -2.07. The molecule has 3 rings (SSSR count). The highest BCUT2D eigenvalue weighted by atomic mass is 79.9. The molecule has 0 aliphatic carbocycles. The van der Waals surface area contributed by atoms with Gasteiger partial charge in [-0.25, -0.2) is 0 Å². The first-order chi connectivity index (χ1) is 7.84. The second kappa shape index (κ2) is 4.00. The quantitative estimate of drug-likeness (QED) is 0.854. The standard InChI is InChI=1S/C13H11BrN2/c14-10-3-1-2-9(6-10)11-4-5-15-7-12(11)13-8-16-13/h1-7,13,16H,8H2/t13-/m0/s1. The van der Waals surface area contributed by atoms with Crippen LogP contribution in [0.25, 0.3) is 11.1 Å². The number of aromatic nitrogens is 1. The van der Waals surface area contributed by atoms with Gasteiger partial charge in [-0.2, -0.15) is 0 Å². The van der Waals surface area contributed by atoms with Crippen molar-refractivity contribution in [2.24, 2.45) is 0 Å². The van der Waals surface area contributed by atoms with E-state index in [-0.39, 0.29) is 0 Å². The van der Waals surface area contributed by atoms with E-state index in [4.69, 9.17) is 0 Å². The summed E-state index contributed by atoms with van der Waals surface area (Å²) in [4.78, 5) is 4.20. The summed E-state index contributed by atoms with van der Waals surface area (Å²) >= 11 is 3.51. The van der Waals surface area contributed by atoms with Crippen LogP contribution in [0.2, 0.25) is 0 Å². The topological polar surface area (TPSA) is 34.8 Å². The van der Waals surface area contributed by atoms with Gasteiger partial charge in [-0.15, -0.1) is 0 Å². The molecule has 2 nitrogen and oxygen atoms in total. The Hall–Kier alpha value is -1.19. The Labute approximate surface area is 103 Å². The Bertz CT molecular complexity index is 521. The van der Waals surface area contributed by atoms with Crippen molar-refractivity contribution in [3.8, 4) is 11.1 Å². The summed E-state index contributed by atoms with van der Waals surface area (Å²) < 4.78 is 1.11. The molecule has 1 atom stereocenters. The molecule has 2 aromatic rings. The Morgan fingerprint density at radius 2 is 2.19 bits per heavy atom. The zero-order chi connectivity index (χ0) is 11.0. The number of nitrogens with zero attached hydrogens (tertiary/aromatic N) is 1. The zero-order valence-corrected chi connectivity index (χ0v) is 10.2. The van der Waals surface area contributed by atoms with Gasteiger partial charge in [0.15, 0.2) is 0 Å². The second-order valence-corrected chi connectivity index (χ2v) is 4.85. The lowest BCUT2D eigenvalue weighted by molar-refractivity contribution is 1.06. The van der Waals surface area contributed by atoms with E-state index < -0.39 is 0 Å². The van der Waals surface area contributed by atoms with Crippen molar-refractivity contribution in [2.45, 2.75) is 6.04 Å². The van der Waals surface area contributed by atoms with Crippen molar-refractivity contribution in [1.29, 1.82) is 0 Å².